The minimum Gasteiger partial charge on any atom is -0.506 e. The molecule has 0 aliphatic carbocycles. The number of halogens is 3. The average Bonchev–Trinajstić information content (AvgIpc) is 3.26. The summed E-state index contributed by atoms with van der Waals surface area (Å²) in [6.07, 6.45) is 0. The molecule has 0 radical (unpaired) electrons. The van der Waals surface area contributed by atoms with Crippen LogP contribution in [0.2, 0.25) is 5.02 Å². The number of benzene rings is 2. The van der Waals surface area contributed by atoms with E-state index in [2.05, 4.69) is 0 Å². The van der Waals surface area contributed by atoms with E-state index in [9.17, 15) is 23.9 Å². The molecule has 0 unspecified atom stereocenters. The Kier molecular flexibility index (Phi) is 6.36. The number of aromatic nitrogens is 1. The van der Waals surface area contributed by atoms with E-state index in [0.29, 0.717) is 11.1 Å². The molecule has 8 nitrogen and oxygen atoms in total. The Morgan fingerprint density at radius 1 is 1.15 bits per heavy atom. The Labute approximate surface area is 196 Å². The van der Waals surface area contributed by atoms with Gasteiger partial charge in [-0.25, -0.2) is 8.78 Å². The molecule has 0 saturated carbocycles. The first-order valence-corrected chi connectivity index (χ1v) is 10.3. The number of hydrogen-bond donors (Lipinski definition) is 3. The first kappa shape index (κ1) is 23.4. The SMILES string of the molecule is O=C(O)CNC(=O)c1c(O)c2c(n(Cc3ccc(-c4ccc(F)cc4Cl)cc3F)c1=O)COC2. The van der Waals surface area contributed by atoms with Crippen molar-refractivity contribution in [2.45, 2.75) is 19.8 Å². The monoisotopic (exact) mass is 490 g/mol. The molecular weight excluding hydrogens is 474 g/mol. The van der Waals surface area contributed by atoms with Crippen LogP contribution in [0.25, 0.3) is 11.1 Å². The molecule has 0 atom stereocenters. The van der Waals surface area contributed by atoms with Gasteiger partial charge in [0.2, 0.25) is 0 Å². The number of amides is 1. The lowest BCUT2D eigenvalue weighted by Gasteiger charge is -2.16. The maximum atomic E-state index is 15.0. The highest BCUT2D eigenvalue weighted by atomic mass is 35.5. The molecule has 2 heterocycles. The lowest BCUT2D eigenvalue weighted by molar-refractivity contribution is -0.135. The van der Waals surface area contributed by atoms with E-state index >= 15 is 4.39 Å². The Balaban J connectivity index is 1.73. The fourth-order valence-corrected chi connectivity index (χ4v) is 4.01. The normalized spacial score (nSPS) is 12.4. The number of hydrogen-bond acceptors (Lipinski definition) is 5. The van der Waals surface area contributed by atoms with Crippen LogP contribution in [-0.2, 0) is 29.3 Å². The minimum absolute atomic E-state index is 0.0416. The number of carbonyl (C=O) groups is 2. The summed E-state index contributed by atoms with van der Waals surface area (Å²) in [5.41, 5.74) is -0.192. The van der Waals surface area contributed by atoms with Crippen LogP contribution in [0.4, 0.5) is 8.78 Å². The summed E-state index contributed by atoms with van der Waals surface area (Å²) in [5, 5.41) is 21.4. The number of rotatable bonds is 6. The second-order valence-electron chi connectivity index (χ2n) is 7.54. The fourth-order valence-electron chi connectivity index (χ4n) is 3.73. The van der Waals surface area contributed by atoms with Crippen molar-refractivity contribution in [3.63, 3.8) is 0 Å². The van der Waals surface area contributed by atoms with Gasteiger partial charge in [-0.2, -0.15) is 0 Å². The van der Waals surface area contributed by atoms with Crippen LogP contribution in [0, 0.1) is 11.6 Å². The maximum Gasteiger partial charge on any atom is 0.322 e. The molecule has 1 amide bonds. The van der Waals surface area contributed by atoms with E-state index in [0.717, 1.165) is 10.6 Å². The van der Waals surface area contributed by atoms with Crippen molar-refractivity contribution < 1.29 is 33.3 Å². The van der Waals surface area contributed by atoms with Crippen molar-refractivity contribution in [2.75, 3.05) is 6.54 Å². The number of nitrogens with zero attached hydrogens (tertiary/aromatic N) is 1. The van der Waals surface area contributed by atoms with Crippen LogP contribution in [0.1, 0.15) is 27.2 Å². The summed E-state index contributed by atoms with van der Waals surface area (Å²) >= 11 is 6.06. The molecule has 0 fully saturated rings. The lowest BCUT2D eigenvalue weighted by atomic mass is 10.0. The zero-order chi connectivity index (χ0) is 24.6. The third-order valence-corrected chi connectivity index (χ3v) is 5.70. The summed E-state index contributed by atoms with van der Waals surface area (Å²) < 4.78 is 34.8. The fraction of sp³-hybridized carbons (Fsp3) is 0.174. The largest absolute Gasteiger partial charge is 0.506 e. The Morgan fingerprint density at radius 3 is 2.59 bits per heavy atom. The molecule has 2 aromatic carbocycles. The lowest BCUT2D eigenvalue weighted by Crippen LogP contribution is -2.37. The predicted octanol–water partition coefficient (Wildman–Crippen LogP) is 3.05. The van der Waals surface area contributed by atoms with E-state index in [1.54, 1.807) is 6.07 Å². The third kappa shape index (κ3) is 4.37. The molecule has 176 valence electrons. The van der Waals surface area contributed by atoms with Gasteiger partial charge in [-0.3, -0.25) is 14.4 Å². The van der Waals surface area contributed by atoms with Gasteiger partial charge in [-0.1, -0.05) is 23.7 Å². The molecule has 0 saturated heterocycles. The number of aromatic hydroxyl groups is 1. The van der Waals surface area contributed by atoms with Crippen LogP contribution in [0.3, 0.4) is 0 Å². The number of fused-ring (bicyclic) bond motifs is 1. The van der Waals surface area contributed by atoms with Crippen molar-refractivity contribution in [2.24, 2.45) is 0 Å². The maximum absolute atomic E-state index is 15.0. The van der Waals surface area contributed by atoms with E-state index in [1.807, 2.05) is 5.32 Å². The molecule has 0 spiro atoms. The van der Waals surface area contributed by atoms with Crippen molar-refractivity contribution >= 4 is 23.5 Å². The van der Waals surface area contributed by atoms with Crippen molar-refractivity contribution in [3.05, 3.63) is 85.8 Å². The standard InChI is InChI=1S/C23H17ClF2N2O6/c24-16-6-13(25)3-4-14(16)11-1-2-12(17(26)5-11)8-28-18-10-34-9-15(18)21(31)20(23(28)33)22(32)27-7-19(29)30/h1-6,31H,7-10H2,(H,27,32)(H,29,30). The highest BCUT2D eigenvalue weighted by Crippen LogP contribution is 2.32. The number of aliphatic carboxylic acids is 1. The van der Waals surface area contributed by atoms with E-state index in [4.69, 9.17) is 21.4 Å². The van der Waals surface area contributed by atoms with Gasteiger partial charge in [-0.15, -0.1) is 0 Å². The quantitative estimate of drug-likeness (QED) is 0.489. The first-order chi connectivity index (χ1) is 16.2. The molecule has 1 aromatic heterocycles. The van der Waals surface area contributed by atoms with E-state index in [1.165, 1.54) is 24.3 Å². The minimum atomic E-state index is -1.33. The molecule has 0 bridgehead atoms. The third-order valence-electron chi connectivity index (χ3n) is 5.39. The summed E-state index contributed by atoms with van der Waals surface area (Å²) in [6.45, 7) is -1.16. The van der Waals surface area contributed by atoms with Gasteiger partial charge in [-0.05, 0) is 29.8 Å². The van der Waals surface area contributed by atoms with Crippen molar-refractivity contribution in [1.29, 1.82) is 0 Å². The average molecular weight is 491 g/mol. The van der Waals surface area contributed by atoms with E-state index in [-0.39, 0.29) is 41.6 Å². The Hall–Kier alpha value is -3.76. The summed E-state index contributed by atoms with van der Waals surface area (Å²) in [4.78, 5) is 36.3. The van der Waals surface area contributed by atoms with Gasteiger partial charge in [0.05, 0.1) is 30.5 Å². The highest BCUT2D eigenvalue weighted by Gasteiger charge is 2.29. The van der Waals surface area contributed by atoms with Crippen LogP contribution in [-0.4, -0.2) is 33.2 Å². The molecule has 1 aliphatic rings. The zero-order valence-electron chi connectivity index (χ0n) is 17.4. The van der Waals surface area contributed by atoms with Crippen LogP contribution in [0.5, 0.6) is 5.75 Å². The predicted molar refractivity (Wildman–Crippen MR) is 117 cm³/mol. The van der Waals surface area contributed by atoms with E-state index < -0.39 is 46.9 Å². The number of carbonyl (C=O) groups excluding carboxylic acids is 1. The Morgan fingerprint density at radius 2 is 1.91 bits per heavy atom. The topological polar surface area (TPSA) is 118 Å². The van der Waals surface area contributed by atoms with Crippen molar-refractivity contribution in [1.82, 2.24) is 9.88 Å². The summed E-state index contributed by atoms with van der Waals surface area (Å²) in [7, 11) is 0. The molecule has 4 rings (SSSR count). The van der Waals surface area contributed by atoms with Gasteiger partial charge in [0.25, 0.3) is 11.5 Å². The highest BCUT2D eigenvalue weighted by molar-refractivity contribution is 6.33. The number of pyridine rings is 1. The summed E-state index contributed by atoms with van der Waals surface area (Å²) in [6, 6.07) is 7.90. The van der Waals surface area contributed by atoms with Gasteiger partial charge < -0.3 is 24.8 Å². The summed E-state index contributed by atoms with van der Waals surface area (Å²) in [5.74, 6) is -4.21. The van der Waals surface area contributed by atoms with Gasteiger partial charge in [0.1, 0.15) is 29.5 Å². The molecule has 34 heavy (non-hydrogen) atoms. The van der Waals surface area contributed by atoms with Crippen LogP contribution in [0.15, 0.2) is 41.2 Å². The van der Waals surface area contributed by atoms with Crippen LogP contribution >= 0.6 is 11.6 Å². The number of carboxylic acid groups (broad SMARTS) is 1. The Bertz CT molecular complexity index is 1390. The van der Waals surface area contributed by atoms with Gasteiger partial charge in [0, 0.05) is 16.7 Å². The van der Waals surface area contributed by atoms with Gasteiger partial charge in [0.15, 0.2) is 0 Å². The molecule has 3 aromatic rings. The first-order valence-electron chi connectivity index (χ1n) is 9.96. The van der Waals surface area contributed by atoms with Crippen molar-refractivity contribution in [3.8, 4) is 16.9 Å². The smallest absolute Gasteiger partial charge is 0.322 e. The molecule has 3 N–H and O–H groups in total. The molecular formula is C23H17ClF2N2O6. The second kappa shape index (κ2) is 9.24. The van der Waals surface area contributed by atoms with Gasteiger partial charge >= 0.3 is 5.97 Å². The second-order valence-corrected chi connectivity index (χ2v) is 7.95. The number of nitrogens with one attached hydrogen (secondary N) is 1. The number of carboxylic acids is 1. The molecule has 1 aliphatic heterocycles. The zero-order valence-corrected chi connectivity index (χ0v) is 18.2. The van der Waals surface area contributed by atoms with Crippen LogP contribution < -0.4 is 10.9 Å². The number of ether oxygens (including phenoxy) is 1. The molecule has 11 heteroatoms.